The molecule has 1 unspecified atom stereocenters. The summed E-state index contributed by atoms with van der Waals surface area (Å²) >= 11 is 0. The Morgan fingerprint density at radius 3 is 2.59 bits per heavy atom. The average Bonchev–Trinajstić information content (AvgIpc) is 3.10. The van der Waals surface area contributed by atoms with Gasteiger partial charge in [0.2, 0.25) is 0 Å². The van der Waals surface area contributed by atoms with Crippen LogP contribution in [0.4, 0.5) is 8.78 Å². The number of aromatic nitrogens is 2. The van der Waals surface area contributed by atoms with E-state index in [1.165, 1.54) is 10.6 Å². The minimum absolute atomic E-state index is 0.0460. The van der Waals surface area contributed by atoms with Gasteiger partial charge >= 0.3 is 5.97 Å². The van der Waals surface area contributed by atoms with Gasteiger partial charge in [-0.3, -0.25) is 4.79 Å². The minimum atomic E-state index is -2.23. The molecule has 3 aromatic rings. The number of hydrogen-bond acceptors (Lipinski definition) is 5. The van der Waals surface area contributed by atoms with Crippen LogP contribution in [-0.2, 0) is 28.3 Å². The largest absolute Gasteiger partial charge is 0.458 e. The number of cyclic esters (lactones) is 1. The second-order valence-corrected chi connectivity index (χ2v) is 14.4. The second kappa shape index (κ2) is 6.55. The van der Waals surface area contributed by atoms with Gasteiger partial charge in [-0.15, -0.1) is 0 Å². The van der Waals surface area contributed by atoms with Crippen molar-refractivity contribution in [2.24, 2.45) is 0 Å². The van der Waals surface area contributed by atoms with Gasteiger partial charge < -0.3 is 14.4 Å². The zero-order valence-corrected chi connectivity index (χ0v) is 19.2. The number of carbonyl (C=O) groups is 1. The van der Waals surface area contributed by atoms with E-state index in [9.17, 15) is 23.5 Å². The van der Waals surface area contributed by atoms with E-state index in [4.69, 9.17) is 4.74 Å². The molecule has 0 spiro atoms. The fourth-order valence-corrected chi connectivity index (χ4v) is 7.02. The Labute approximate surface area is 183 Å². The quantitative estimate of drug-likeness (QED) is 0.371. The second-order valence-electron chi connectivity index (χ2n) is 9.42. The summed E-state index contributed by atoms with van der Waals surface area (Å²) < 4.78 is 35.7. The molecule has 9 heteroatoms. The molecule has 0 saturated carbocycles. The number of fused-ring (bicyclic) bond motifs is 5. The van der Waals surface area contributed by atoms with Crippen LogP contribution in [0.2, 0.25) is 19.6 Å². The van der Waals surface area contributed by atoms with E-state index in [0.717, 1.165) is 6.07 Å². The van der Waals surface area contributed by atoms with Crippen LogP contribution in [0, 0.1) is 11.6 Å². The first-order chi connectivity index (χ1) is 15.0. The van der Waals surface area contributed by atoms with Crippen LogP contribution < -0.4 is 10.7 Å². The molecule has 2 aliphatic heterocycles. The van der Waals surface area contributed by atoms with Gasteiger partial charge in [-0.05, 0) is 35.4 Å². The van der Waals surface area contributed by atoms with Gasteiger partial charge in [0, 0.05) is 10.9 Å². The third-order valence-corrected chi connectivity index (χ3v) is 8.55. The molecule has 6 nitrogen and oxygen atoms in total. The summed E-state index contributed by atoms with van der Waals surface area (Å²) in [7, 11) is -2.23. The monoisotopic (exact) mass is 456 g/mol. The number of carbonyl (C=O) groups excluding carboxylic acids is 1. The Balaban J connectivity index is 1.89. The first-order valence-electron chi connectivity index (χ1n) is 10.5. The van der Waals surface area contributed by atoms with E-state index >= 15 is 0 Å². The highest BCUT2D eigenvalue weighted by molar-refractivity contribution is 6.90. The van der Waals surface area contributed by atoms with Crippen molar-refractivity contribution in [3.05, 3.63) is 56.9 Å². The summed E-state index contributed by atoms with van der Waals surface area (Å²) in [6, 6.07) is 4.11. The lowest BCUT2D eigenvalue weighted by Crippen LogP contribution is -2.44. The van der Waals surface area contributed by atoms with Crippen molar-refractivity contribution in [1.82, 2.24) is 9.55 Å². The lowest BCUT2D eigenvalue weighted by atomic mass is 9.86. The zero-order chi connectivity index (χ0) is 23.2. The van der Waals surface area contributed by atoms with E-state index in [2.05, 4.69) is 4.98 Å². The highest BCUT2D eigenvalue weighted by Gasteiger charge is 2.45. The SMILES string of the molecule is CCC1(O)C(=O)OCc2c1cc1n(c2=O)Cc2c-1nc1ccc(F)c(F)c1c2[Si](C)(C)C. The van der Waals surface area contributed by atoms with Crippen LogP contribution in [0.25, 0.3) is 22.3 Å². The van der Waals surface area contributed by atoms with Crippen molar-refractivity contribution < 1.29 is 23.4 Å². The normalized spacial score (nSPS) is 19.5. The molecular weight excluding hydrogens is 434 g/mol. The first-order valence-corrected chi connectivity index (χ1v) is 14.0. The smallest absolute Gasteiger partial charge is 0.343 e. The fourth-order valence-electron chi connectivity index (χ4n) is 4.93. The van der Waals surface area contributed by atoms with Gasteiger partial charge in [0.15, 0.2) is 17.2 Å². The Hall–Kier alpha value is -2.91. The topological polar surface area (TPSA) is 81.4 Å². The number of hydrogen-bond donors (Lipinski definition) is 1. The van der Waals surface area contributed by atoms with Gasteiger partial charge in [0.25, 0.3) is 5.56 Å². The van der Waals surface area contributed by atoms with Gasteiger partial charge in [0.1, 0.15) is 6.61 Å². The molecule has 1 atom stereocenters. The minimum Gasteiger partial charge on any atom is -0.458 e. The van der Waals surface area contributed by atoms with E-state index in [1.807, 2.05) is 19.6 Å². The Kier molecular flexibility index (Phi) is 4.29. The van der Waals surface area contributed by atoms with E-state index in [0.29, 0.717) is 27.7 Å². The molecular formula is C23H22F2N2O4Si. The van der Waals surface area contributed by atoms with Gasteiger partial charge in [-0.2, -0.15) is 0 Å². The number of aliphatic hydroxyl groups is 1. The maximum Gasteiger partial charge on any atom is 0.343 e. The molecule has 32 heavy (non-hydrogen) atoms. The molecule has 0 bridgehead atoms. The van der Waals surface area contributed by atoms with Crippen LogP contribution >= 0.6 is 0 Å². The summed E-state index contributed by atoms with van der Waals surface area (Å²) in [5, 5.41) is 11.9. The molecule has 1 N–H and O–H groups in total. The number of nitrogens with zero attached hydrogens (tertiary/aromatic N) is 2. The van der Waals surface area contributed by atoms with Crippen LogP contribution in [0.1, 0.15) is 30.0 Å². The van der Waals surface area contributed by atoms with Crippen LogP contribution in [-0.4, -0.2) is 28.7 Å². The molecule has 2 aromatic heterocycles. The summed E-state index contributed by atoms with van der Waals surface area (Å²) in [6.45, 7) is 7.68. The number of halogens is 2. The van der Waals surface area contributed by atoms with Crippen molar-refractivity contribution in [2.75, 3.05) is 0 Å². The molecule has 2 aliphatic rings. The van der Waals surface area contributed by atoms with Crippen LogP contribution in [0.15, 0.2) is 23.0 Å². The molecule has 0 saturated heterocycles. The highest BCUT2D eigenvalue weighted by Crippen LogP contribution is 2.39. The molecule has 0 aliphatic carbocycles. The summed E-state index contributed by atoms with van der Waals surface area (Å²) in [5.41, 5.74) is 0.0983. The highest BCUT2D eigenvalue weighted by atomic mass is 28.3. The lowest BCUT2D eigenvalue weighted by molar-refractivity contribution is -0.172. The number of pyridine rings is 2. The van der Waals surface area contributed by atoms with Crippen LogP contribution in [0.3, 0.4) is 0 Å². The predicted molar refractivity (Wildman–Crippen MR) is 117 cm³/mol. The Morgan fingerprint density at radius 2 is 1.94 bits per heavy atom. The third-order valence-electron chi connectivity index (χ3n) is 6.49. The predicted octanol–water partition coefficient (Wildman–Crippen LogP) is 2.90. The zero-order valence-electron chi connectivity index (χ0n) is 18.2. The fraction of sp³-hybridized carbons (Fsp3) is 0.348. The molecule has 5 rings (SSSR count). The number of ether oxygens (including phenoxy) is 1. The Bertz CT molecular complexity index is 1410. The maximum absolute atomic E-state index is 15.0. The first kappa shape index (κ1) is 21.0. The lowest BCUT2D eigenvalue weighted by Gasteiger charge is -2.31. The van der Waals surface area contributed by atoms with Gasteiger partial charge in [-0.1, -0.05) is 26.6 Å². The summed E-state index contributed by atoms with van der Waals surface area (Å²) in [6.07, 6.45) is 0.0460. The molecule has 1 aromatic carbocycles. The summed E-state index contributed by atoms with van der Waals surface area (Å²) in [4.78, 5) is 30.3. The molecule has 0 radical (unpaired) electrons. The van der Waals surface area contributed by atoms with Crippen molar-refractivity contribution in [3.8, 4) is 11.4 Å². The maximum atomic E-state index is 15.0. The standard InChI is InChI=1S/C23H22F2N2O4Si/c1-5-23(30)13-8-16-19-11(9-27(16)21(28)12(13)10-31-22(23)29)20(32(2,3)4)17-15(26-19)7-6-14(24)18(17)25/h6-8,30H,5,9-10H2,1-4H3. The third kappa shape index (κ3) is 2.61. The molecule has 166 valence electrons. The number of rotatable bonds is 2. The van der Waals surface area contributed by atoms with Crippen molar-refractivity contribution in [1.29, 1.82) is 0 Å². The van der Waals surface area contributed by atoms with E-state index < -0.39 is 31.3 Å². The molecule has 0 fully saturated rings. The Morgan fingerprint density at radius 1 is 1.22 bits per heavy atom. The van der Waals surface area contributed by atoms with Crippen molar-refractivity contribution in [3.63, 3.8) is 0 Å². The van der Waals surface area contributed by atoms with Crippen molar-refractivity contribution in [2.45, 2.75) is 51.7 Å². The van der Waals surface area contributed by atoms with E-state index in [1.54, 1.807) is 13.0 Å². The van der Waals surface area contributed by atoms with E-state index in [-0.39, 0.29) is 41.6 Å². The number of esters is 1. The van der Waals surface area contributed by atoms with Gasteiger partial charge in [-0.25, -0.2) is 18.6 Å². The van der Waals surface area contributed by atoms with Gasteiger partial charge in [0.05, 0.1) is 37.1 Å². The molecule has 0 amide bonds. The molecule has 4 heterocycles. The number of benzene rings is 1. The van der Waals surface area contributed by atoms with Crippen LogP contribution in [0.5, 0.6) is 0 Å². The average molecular weight is 457 g/mol. The van der Waals surface area contributed by atoms with Crippen molar-refractivity contribution >= 4 is 30.1 Å². The summed E-state index contributed by atoms with van der Waals surface area (Å²) in [5.74, 6) is -2.66.